The molecule has 3 aromatic rings. The Bertz CT molecular complexity index is 1170. The van der Waals surface area contributed by atoms with Crippen LogP contribution in [0.1, 0.15) is 5.56 Å². The SMILES string of the molecule is COc1ccc(NC(=O)[C@H](Cc2ccccc2)NS(=O)(=O)c2ccc(Cl)cc2)c(OC)c1. The number of carbonyl (C=O) groups is 1. The first kappa shape index (κ1) is 23.6. The highest BCUT2D eigenvalue weighted by molar-refractivity contribution is 7.89. The van der Waals surface area contributed by atoms with Gasteiger partial charge in [-0.3, -0.25) is 4.79 Å². The minimum absolute atomic E-state index is 0.00906. The number of hydrogen-bond donors (Lipinski definition) is 2. The lowest BCUT2D eigenvalue weighted by Gasteiger charge is -2.20. The molecular weight excluding hydrogens is 452 g/mol. The van der Waals surface area contributed by atoms with E-state index in [1.165, 1.54) is 38.5 Å². The maximum absolute atomic E-state index is 13.2. The van der Waals surface area contributed by atoms with Crippen molar-refractivity contribution < 1.29 is 22.7 Å². The van der Waals surface area contributed by atoms with Crippen LogP contribution in [0.5, 0.6) is 11.5 Å². The highest BCUT2D eigenvalue weighted by Crippen LogP contribution is 2.29. The summed E-state index contributed by atoms with van der Waals surface area (Å²) in [5.41, 5.74) is 1.19. The maximum atomic E-state index is 13.2. The van der Waals surface area contributed by atoms with E-state index >= 15 is 0 Å². The fraction of sp³-hybridized carbons (Fsp3) is 0.174. The molecule has 0 aliphatic rings. The van der Waals surface area contributed by atoms with Gasteiger partial charge < -0.3 is 14.8 Å². The number of hydrogen-bond acceptors (Lipinski definition) is 5. The zero-order valence-corrected chi connectivity index (χ0v) is 19.1. The lowest BCUT2D eigenvalue weighted by atomic mass is 10.1. The summed E-state index contributed by atoms with van der Waals surface area (Å²) in [7, 11) is -0.991. The van der Waals surface area contributed by atoms with Crippen molar-refractivity contribution in [3.05, 3.63) is 83.4 Å². The molecule has 1 amide bonds. The number of ether oxygens (including phenoxy) is 2. The third kappa shape index (κ3) is 6.00. The molecule has 0 unspecified atom stereocenters. The third-order valence-electron chi connectivity index (χ3n) is 4.69. The van der Waals surface area contributed by atoms with Crippen LogP contribution >= 0.6 is 11.6 Å². The molecule has 0 bridgehead atoms. The molecule has 32 heavy (non-hydrogen) atoms. The molecule has 0 spiro atoms. The van der Waals surface area contributed by atoms with Crippen LogP contribution in [-0.2, 0) is 21.2 Å². The highest BCUT2D eigenvalue weighted by atomic mass is 35.5. The van der Waals surface area contributed by atoms with E-state index in [-0.39, 0.29) is 11.3 Å². The number of anilines is 1. The summed E-state index contributed by atoms with van der Waals surface area (Å²) in [5.74, 6) is 0.413. The molecule has 0 heterocycles. The summed E-state index contributed by atoms with van der Waals surface area (Å²) in [4.78, 5) is 13.2. The molecule has 3 aromatic carbocycles. The Labute approximate surface area is 192 Å². The van der Waals surface area contributed by atoms with Gasteiger partial charge in [-0.15, -0.1) is 0 Å². The predicted molar refractivity (Wildman–Crippen MR) is 124 cm³/mol. The largest absolute Gasteiger partial charge is 0.497 e. The van der Waals surface area contributed by atoms with Crippen LogP contribution in [0.3, 0.4) is 0 Å². The van der Waals surface area contributed by atoms with Gasteiger partial charge in [0.25, 0.3) is 0 Å². The average molecular weight is 475 g/mol. The topological polar surface area (TPSA) is 93.7 Å². The van der Waals surface area contributed by atoms with E-state index in [0.717, 1.165) is 5.56 Å². The van der Waals surface area contributed by atoms with E-state index in [1.54, 1.807) is 18.2 Å². The van der Waals surface area contributed by atoms with E-state index < -0.39 is 22.0 Å². The van der Waals surface area contributed by atoms with Gasteiger partial charge >= 0.3 is 0 Å². The fourth-order valence-electron chi connectivity index (χ4n) is 3.03. The van der Waals surface area contributed by atoms with Crippen molar-refractivity contribution in [3.8, 4) is 11.5 Å². The lowest BCUT2D eigenvalue weighted by Crippen LogP contribution is -2.45. The highest BCUT2D eigenvalue weighted by Gasteiger charge is 2.27. The summed E-state index contributed by atoms with van der Waals surface area (Å²) in [6.45, 7) is 0. The van der Waals surface area contributed by atoms with E-state index in [4.69, 9.17) is 21.1 Å². The Morgan fingerprint density at radius 3 is 2.28 bits per heavy atom. The van der Waals surface area contributed by atoms with Crippen molar-refractivity contribution in [2.75, 3.05) is 19.5 Å². The van der Waals surface area contributed by atoms with E-state index in [2.05, 4.69) is 10.0 Å². The van der Waals surface area contributed by atoms with Gasteiger partial charge in [-0.05, 0) is 48.4 Å². The minimum atomic E-state index is -3.98. The van der Waals surface area contributed by atoms with Gasteiger partial charge in [-0.1, -0.05) is 41.9 Å². The Balaban J connectivity index is 1.88. The van der Waals surface area contributed by atoms with Crippen LogP contribution in [0.15, 0.2) is 77.7 Å². The van der Waals surface area contributed by atoms with Crippen LogP contribution in [0, 0.1) is 0 Å². The molecule has 0 aliphatic heterocycles. The van der Waals surface area contributed by atoms with Crippen LogP contribution in [-0.4, -0.2) is 34.6 Å². The minimum Gasteiger partial charge on any atom is -0.497 e. The quantitative estimate of drug-likeness (QED) is 0.490. The molecule has 0 fully saturated rings. The first-order chi connectivity index (χ1) is 15.3. The van der Waals surface area contributed by atoms with Gasteiger partial charge in [0.15, 0.2) is 0 Å². The monoisotopic (exact) mass is 474 g/mol. The summed E-state index contributed by atoms with van der Waals surface area (Å²) in [6.07, 6.45) is 0.151. The Morgan fingerprint density at radius 2 is 1.66 bits per heavy atom. The summed E-state index contributed by atoms with van der Waals surface area (Å²) >= 11 is 5.87. The molecular formula is C23H23ClN2O5S. The van der Waals surface area contributed by atoms with Crippen molar-refractivity contribution in [3.63, 3.8) is 0 Å². The molecule has 2 N–H and O–H groups in total. The fourth-order valence-corrected chi connectivity index (χ4v) is 4.35. The number of methoxy groups -OCH3 is 2. The van der Waals surface area contributed by atoms with E-state index in [0.29, 0.717) is 22.2 Å². The summed E-state index contributed by atoms with van der Waals surface area (Å²) in [6, 6.07) is 18.7. The van der Waals surface area contributed by atoms with Crippen molar-refractivity contribution in [1.82, 2.24) is 4.72 Å². The predicted octanol–water partition coefficient (Wildman–Crippen LogP) is 3.89. The van der Waals surface area contributed by atoms with Crippen molar-refractivity contribution >= 4 is 33.2 Å². The normalized spacial score (nSPS) is 12.1. The standard InChI is InChI=1S/C23H23ClN2O5S/c1-30-18-10-13-20(22(15-18)31-2)25-23(27)21(14-16-6-4-3-5-7-16)26-32(28,29)19-11-8-17(24)9-12-19/h3-13,15,21,26H,14H2,1-2H3,(H,25,27)/t21-/m0/s1. The van der Waals surface area contributed by atoms with Gasteiger partial charge in [0.2, 0.25) is 15.9 Å². The lowest BCUT2D eigenvalue weighted by molar-refractivity contribution is -0.117. The van der Waals surface area contributed by atoms with E-state index in [9.17, 15) is 13.2 Å². The van der Waals surface area contributed by atoms with Crippen LogP contribution < -0.4 is 19.5 Å². The molecule has 7 nitrogen and oxygen atoms in total. The van der Waals surface area contributed by atoms with Crippen molar-refractivity contribution in [2.24, 2.45) is 0 Å². The molecule has 0 saturated carbocycles. The first-order valence-electron chi connectivity index (χ1n) is 9.67. The number of carbonyl (C=O) groups excluding carboxylic acids is 1. The van der Waals surface area contributed by atoms with Gasteiger partial charge in [0.05, 0.1) is 24.8 Å². The molecule has 168 valence electrons. The summed E-state index contributed by atoms with van der Waals surface area (Å²) in [5, 5.41) is 3.16. The van der Waals surface area contributed by atoms with Crippen LogP contribution in [0.25, 0.3) is 0 Å². The zero-order chi connectivity index (χ0) is 23.1. The zero-order valence-electron chi connectivity index (χ0n) is 17.5. The number of benzene rings is 3. The van der Waals surface area contributed by atoms with Crippen molar-refractivity contribution in [1.29, 1.82) is 0 Å². The van der Waals surface area contributed by atoms with E-state index in [1.807, 2.05) is 30.3 Å². The molecule has 9 heteroatoms. The third-order valence-corrected chi connectivity index (χ3v) is 6.43. The molecule has 0 aromatic heterocycles. The van der Waals surface area contributed by atoms with Gasteiger partial charge in [-0.2, -0.15) is 4.72 Å². The molecule has 1 atom stereocenters. The smallest absolute Gasteiger partial charge is 0.243 e. The number of nitrogens with one attached hydrogen (secondary N) is 2. The molecule has 0 radical (unpaired) electrons. The Kier molecular flexibility index (Phi) is 7.74. The van der Waals surface area contributed by atoms with Crippen LogP contribution in [0.2, 0.25) is 5.02 Å². The Hall–Kier alpha value is -3.07. The maximum Gasteiger partial charge on any atom is 0.243 e. The Morgan fingerprint density at radius 1 is 0.969 bits per heavy atom. The van der Waals surface area contributed by atoms with Gasteiger partial charge in [0.1, 0.15) is 17.5 Å². The number of rotatable bonds is 9. The first-order valence-corrected chi connectivity index (χ1v) is 11.5. The molecule has 0 saturated heterocycles. The second-order valence-electron chi connectivity index (χ2n) is 6.87. The second kappa shape index (κ2) is 10.5. The van der Waals surface area contributed by atoms with Gasteiger partial charge in [-0.25, -0.2) is 8.42 Å². The summed E-state index contributed by atoms with van der Waals surface area (Å²) < 4.78 is 38.9. The second-order valence-corrected chi connectivity index (χ2v) is 9.02. The average Bonchev–Trinajstić information content (AvgIpc) is 2.79. The number of amides is 1. The molecule has 3 rings (SSSR count). The number of sulfonamides is 1. The van der Waals surface area contributed by atoms with Crippen molar-refractivity contribution in [2.45, 2.75) is 17.4 Å². The van der Waals surface area contributed by atoms with Crippen LogP contribution in [0.4, 0.5) is 5.69 Å². The van der Waals surface area contributed by atoms with Gasteiger partial charge in [0, 0.05) is 11.1 Å². The number of halogens is 1. The molecule has 0 aliphatic carbocycles.